The fourth-order valence-electron chi connectivity index (χ4n) is 2.77. The summed E-state index contributed by atoms with van der Waals surface area (Å²) in [5, 5.41) is 78.1. The first kappa shape index (κ1) is 18.1. The molecule has 2 aromatic rings. The molecule has 2 aromatic carbocycles. The first-order valence-corrected chi connectivity index (χ1v) is 7.62. The number of hydrogen-bond acceptors (Lipinski definition) is 10. The van der Waals surface area contributed by atoms with Gasteiger partial charge in [0.05, 0.1) is 6.10 Å². The molecule has 10 nitrogen and oxygen atoms in total. The number of benzene rings is 2. The fraction of sp³-hybridized carbons (Fsp3) is 0.375. The highest BCUT2D eigenvalue weighted by atomic mass is 16.7. The third kappa shape index (κ3) is 2.69. The van der Waals surface area contributed by atoms with Gasteiger partial charge in [0, 0.05) is 10.8 Å². The second-order valence-electron chi connectivity index (χ2n) is 6.06. The highest BCUT2D eigenvalue weighted by Gasteiger charge is 2.43. The molecule has 0 aromatic heterocycles. The molecule has 1 aliphatic heterocycles. The van der Waals surface area contributed by atoms with Gasteiger partial charge in [-0.1, -0.05) is 0 Å². The largest absolute Gasteiger partial charge is 0.504 e. The molecular formula is C16H18O10. The maximum absolute atomic E-state index is 10.1. The molecule has 0 radical (unpaired) electrons. The number of hydrogen-bond donors (Lipinski definition) is 8. The van der Waals surface area contributed by atoms with Crippen LogP contribution in [0.4, 0.5) is 0 Å². The quantitative estimate of drug-likeness (QED) is 0.255. The van der Waals surface area contributed by atoms with Gasteiger partial charge in [0.15, 0.2) is 23.0 Å². The normalized spacial score (nSPS) is 29.0. The number of rotatable bonds is 2. The molecule has 1 saturated heterocycles. The van der Waals surface area contributed by atoms with Crippen molar-refractivity contribution < 1.29 is 50.3 Å². The van der Waals surface area contributed by atoms with E-state index in [1.165, 1.54) is 6.92 Å². The van der Waals surface area contributed by atoms with Crippen LogP contribution in [0.1, 0.15) is 6.92 Å². The lowest BCUT2D eigenvalue weighted by Gasteiger charge is -2.38. The molecule has 0 spiro atoms. The topological polar surface area (TPSA) is 180 Å². The predicted octanol–water partition coefficient (Wildman–Crippen LogP) is -0.426. The Bertz CT molecular complexity index is 851. The highest BCUT2D eigenvalue weighted by molar-refractivity contribution is 5.99. The monoisotopic (exact) mass is 370 g/mol. The lowest BCUT2D eigenvalue weighted by Crippen LogP contribution is -2.58. The first-order valence-electron chi connectivity index (χ1n) is 7.62. The molecule has 10 heteroatoms. The van der Waals surface area contributed by atoms with Crippen molar-refractivity contribution in [1.29, 1.82) is 0 Å². The van der Waals surface area contributed by atoms with E-state index in [0.717, 1.165) is 12.1 Å². The molecule has 1 fully saturated rings. The van der Waals surface area contributed by atoms with Crippen molar-refractivity contribution in [2.24, 2.45) is 0 Å². The van der Waals surface area contributed by atoms with Crippen LogP contribution in [0.25, 0.3) is 10.8 Å². The van der Waals surface area contributed by atoms with E-state index in [9.17, 15) is 40.9 Å². The smallest absolute Gasteiger partial charge is 0.229 e. The fourth-order valence-corrected chi connectivity index (χ4v) is 2.77. The second-order valence-corrected chi connectivity index (χ2v) is 6.06. The Balaban J connectivity index is 2.02. The first-order chi connectivity index (χ1) is 12.1. The van der Waals surface area contributed by atoms with Gasteiger partial charge in [-0.2, -0.15) is 0 Å². The van der Waals surface area contributed by atoms with Crippen LogP contribution in [0.3, 0.4) is 0 Å². The lowest BCUT2D eigenvalue weighted by atomic mass is 10.00. The molecule has 1 aliphatic rings. The third-order valence-corrected chi connectivity index (χ3v) is 4.33. The molecule has 26 heavy (non-hydrogen) atoms. The van der Waals surface area contributed by atoms with Gasteiger partial charge in [0.2, 0.25) is 17.8 Å². The van der Waals surface area contributed by atoms with Crippen LogP contribution in [0, 0.1) is 0 Å². The summed E-state index contributed by atoms with van der Waals surface area (Å²) in [5.74, 6) is -4.31. The van der Waals surface area contributed by atoms with Crippen LogP contribution in [0.5, 0.6) is 34.5 Å². The highest BCUT2D eigenvalue weighted by Crippen LogP contribution is 2.51. The summed E-state index contributed by atoms with van der Waals surface area (Å²) in [6.07, 6.45) is -6.85. The maximum Gasteiger partial charge on any atom is 0.229 e. The Morgan fingerprint density at radius 3 is 1.88 bits per heavy atom. The number of phenolic OH excluding ortho intramolecular Hbond substituents is 5. The van der Waals surface area contributed by atoms with Crippen molar-refractivity contribution in [3.8, 4) is 34.5 Å². The van der Waals surface area contributed by atoms with Crippen molar-refractivity contribution in [2.75, 3.05) is 0 Å². The van der Waals surface area contributed by atoms with Crippen molar-refractivity contribution in [2.45, 2.75) is 37.6 Å². The number of ether oxygens (including phenoxy) is 2. The molecule has 0 saturated carbocycles. The molecule has 0 aliphatic carbocycles. The average molecular weight is 370 g/mol. The zero-order chi connectivity index (χ0) is 19.3. The van der Waals surface area contributed by atoms with Gasteiger partial charge >= 0.3 is 0 Å². The van der Waals surface area contributed by atoms with Gasteiger partial charge < -0.3 is 50.3 Å². The van der Waals surface area contributed by atoms with E-state index < -0.39 is 59.5 Å². The molecule has 0 unspecified atom stereocenters. The number of aromatic hydroxyl groups is 5. The van der Waals surface area contributed by atoms with E-state index in [0.29, 0.717) is 0 Å². The van der Waals surface area contributed by atoms with E-state index in [4.69, 9.17) is 9.47 Å². The zero-order valence-corrected chi connectivity index (χ0v) is 13.4. The van der Waals surface area contributed by atoms with Gasteiger partial charge in [0.1, 0.15) is 18.3 Å². The van der Waals surface area contributed by atoms with Crippen molar-refractivity contribution in [3.63, 3.8) is 0 Å². The molecule has 0 amide bonds. The SMILES string of the molecule is C[C@@H]1O[C@H](Oc2cc3c(O)c(O)c(O)c(O)c3cc2O)[C@@H](O)[C@@H](O)[C@H]1O. The molecule has 3 rings (SSSR count). The number of aliphatic hydroxyl groups is 3. The molecule has 142 valence electrons. The molecule has 1 heterocycles. The number of phenols is 5. The van der Waals surface area contributed by atoms with E-state index in [-0.39, 0.29) is 16.5 Å². The third-order valence-electron chi connectivity index (χ3n) is 4.33. The molecule has 0 bridgehead atoms. The summed E-state index contributed by atoms with van der Waals surface area (Å²) in [5.41, 5.74) is 0. The Morgan fingerprint density at radius 1 is 0.769 bits per heavy atom. The minimum absolute atomic E-state index is 0.162. The summed E-state index contributed by atoms with van der Waals surface area (Å²) in [7, 11) is 0. The standard InChI is InChI=1S/C16H18O10/c1-4-9(18)12(21)15(24)16(25-4)26-8-3-6-5(2-7(8)17)10(19)13(22)14(23)11(6)20/h2-4,9,12,15-24H,1H3/t4-,9-,12-,15-,16+/m0/s1. The van der Waals surface area contributed by atoms with Crippen LogP contribution in [0.15, 0.2) is 12.1 Å². The summed E-state index contributed by atoms with van der Waals surface area (Å²) in [4.78, 5) is 0. The summed E-state index contributed by atoms with van der Waals surface area (Å²) in [6.45, 7) is 1.45. The summed E-state index contributed by atoms with van der Waals surface area (Å²) >= 11 is 0. The summed E-state index contributed by atoms with van der Waals surface area (Å²) < 4.78 is 10.6. The van der Waals surface area contributed by atoms with Gasteiger partial charge in [0.25, 0.3) is 0 Å². The van der Waals surface area contributed by atoms with Crippen LogP contribution in [-0.2, 0) is 4.74 Å². The van der Waals surface area contributed by atoms with Crippen molar-refractivity contribution >= 4 is 10.8 Å². The molecular weight excluding hydrogens is 352 g/mol. The van der Waals surface area contributed by atoms with E-state index in [1.54, 1.807) is 0 Å². The Hall–Kier alpha value is -2.66. The Labute approximate surface area is 146 Å². The minimum atomic E-state index is -1.63. The van der Waals surface area contributed by atoms with E-state index in [2.05, 4.69) is 0 Å². The Morgan fingerprint density at radius 2 is 1.31 bits per heavy atom. The van der Waals surface area contributed by atoms with Crippen molar-refractivity contribution in [1.82, 2.24) is 0 Å². The van der Waals surface area contributed by atoms with E-state index >= 15 is 0 Å². The molecule has 5 atom stereocenters. The van der Waals surface area contributed by atoms with Gasteiger partial charge in [-0.3, -0.25) is 0 Å². The van der Waals surface area contributed by atoms with E-state index in [1.807, 2.05) is 0 Å². The number of aliphatic hydroxyl groups excluding tert-OH is 3. The molecule has 8 N–H and O–H groups in total. The Kier molecular flexibility index (Phi) is 4.36. The van der Waals surface area contributed by atoms with Crippen LogP contribution >= 0.6 is 0 Å². The second kappa shape index (κ2) is 6.25. The van der Waals surface area contributed by atoms with Crippen LogP contribution in [0.2, 0.25) is 0 Å². The predicted molar refractivity (Wildman–Crippen MR) is 85.3 cm³/mol. The van der Waals surface area contributed by atoms with Crippen LogP contribution < -0.4 is 4.74 Å². The van der Waals surface area contributed by atoms with Crippen molar-refractivity contribution in [3.05, 3.63) is 12.1 Å². The minimum Gasteiger partial charge on any atom is -0.504 e. The number of fused-ring (bicyclic) bond motifs is 1. The summed E-state index contributed by atoms with van der Waals surface area (Å²) in [6, 6.07) is 2.00. The van der Waals surface area contributed by atoms with Gasteiger partial charge in [-0.25, -0.2) is 0 Å². The maximum atomic E-state index is 10.1. The lowest BCUT2D eigenvalue weighted by molar-refractivity contribution is -0.268. The van der Waals surface area contributed by atoms with Gasteiger partial charge in [-0.05, 0) is 19.1 Å². The zero-order valence-electron chi connectivity index (χ0n) is 13.4. The van der Waals surface area contributed by atoms with Crippen LogP contribution in [-0.4, -0.2) is 71.6 Å². The average Bonchev–Trinajstić information content (AvgIpc) is 2.61. The van der Waals surface area contributed by atoms with Gasteiger partial charge in [-0.15, -0.1) is 0 Å².